The molecule has 7 aromatic rings. The van der Waals surface area contributed by atoms with Gasteiger partial charge in [-0.05, 0) is 75.9 Å². The first-order chi connectivity index (χ1) is 24.8. The van der Waals surface area contributed by atoms with Crippen LogP contribution in [0, 0.1) is 19.0 Å². The van der Waals surface area contributed by atoms with Crippen molar-refractivity contribution in [2.45, 2.75) is 72.5 Å². The van der Waals surface area contributed by atoms with E-state index in [2.05, 4.69) is 22.1 Å². The summed E-state index contributed by atoms with van der Waals surface area (Å²) in [6.07, 6.45) is 3.23. The van der Waals surface area contributed by atoms with E-state index in [-0.39, 0.29) is 25.7 Å². The number of hydrogen-bond donors (Lipinski definition) is 0. The Morgan fingerprint density at radius 3 is 2.14 bits per heavy atom. The third-order valence-corrected chi connectivity index (χ3v) is 8.31. The predicted molar refractivity (Wildman–Crippen MR) is 199 cm³/mol. The third-order valence-electron chi connectivity index (χ3n) is 8.31. The van der Waals surface area contributed by atoms with Gasteiger partial charge in [-0.3, -0.25) is 0 Å². The minimum Gasteiger partial charge on any atom is -0.486 e. The molecule has 4 aromatic heterocycles. The molecule has 4 nitrogen and oxygen atoms in total. The molecule has 7 rings (SSSR count). The van der Waals surface area contributed by atoms with Crippen molar-refractivity contribution < 1.29 is 31.4 Å². The molecule has 0 aliphatic heterocycles. The van der Waals surface area contributed by atoms with Gasteiger partial charge in [0.15, 0.2) is 0 Å². The van der Waals surface area contributed by atoms with Gasteiger partial charge in [-0.15, -0.1) is 54.1 Å². The Kier molecular flexibility index (Phi) is 9.01. The maximum absolute atomic E-state index is 8.79. The van der Waals surface area contributed by atoms with Crippen molar-refractivity contribution in [2.24, 2.45) is 0 Å². The van der Waals surface area contributed by atoms with E-state index in [9.17, 15) is 0 Å². The minimum absolute atomic E-state index is 0. The molecule has 0 fully saturated rings. The van der Waals surface area contributed by atoms with Crippen LogP contribution in [0.2, 0.25) is 0 Å². The summed E-state index contributed by atoms with van der Waals surface area (Å²) >= 11 is 0. The van der Waals surface area contributed by atoms with Gasteiger partial charge in [-0.25, -0.2) is 4.98 Å². The molecule has 0 aliphatic rings. The number of furan rings is 1. The van der Waals surface area contributed by atoms with Crippen molar-refractivity contribution in [1.29, 1.82) is 0 Å². The molecule has 49 heavy (non-hydrogen) atoms. The van der Waals surface area contributed by atoms with E-state index in [4.69, 9.17) is 16.3 Å². The molecule has 0 atom stereocenters. The molecule has 251 valence electrons. The standard InChI is InChI=1S/C33H35N2O.C11H8N.Ir/c1-19(2)22-11-9-12-23(20(3)4)30(22)28-16-15-25-24-13-10-14-26(31(24)36-32(25)35-28)29-17-27(33(6,7)8)21(5)18-34-29;1-2-6-10(7-3-1)11-8-4-5-9-12-11;/h9-13,15-20H,1-8H3;1-6,8-9H;/q2*-1;/i5D3,19D,20D;;. The van der Waals surface area contributed by atoms with E-state index in [1.54, 1.807) is 6.20 Å². The number of pyridine rings is 3. The summed E-state index contributed by atoms with van der Waals surface area (Å²) in [6, 6.07) is 35.3. The molecular weight excluding hydrogens is 779 g/mol. The monoisotopic (exact) mass is 827 g/mol. The molecule has 0 unspecified atom stereocenters. The smallest absolute Gasteiger partial charge is 0.216 e. The van der Waals surface area contributed by atoms with Crippen LogP contribution in [0.3, 0.4) is 0 Å². The average molecular weight is 827 g/mol. The Morgan fingerprint density at radius 2 is 1.51 bits per heavy atom. The SMILES string of the molecule is [2H]C([2H])([2H])c1cnc(-c2[c-]ccc3c2oc2nc(-c4c(C([2H])(C)C)cccc4C([2H])(C)C)ccc23)cc1C(C)(C)C.[Ir].[c-]1ccccc1-c1ccccn1. The maximum atomic E-state index is 8.79. The quantitative estimate of drug-likeness (QED) is 0.162. The number of aromatic nitrogens is 3. The van der Waals surface area contributed by atoms with Crippen LogP contribution in [0.1, 0.15) is 89.4 Å². The van der Waals surface area contributed by atoms with Crippen molar-refractivity contribution in [1.82, 2.24) is 15.0 Å². The molecule has 0 amide bonds. The van der Waals surface area contributed by atoms with E-state index in [0.717, 1.165) is 38.7 Å². The predicted octanol–water partition coefficient (Wildman–Crippen LogP) is 11.9. The van der Waals surface area contributed by atoms with Crippen LogP contribution in [0.15, 0.2) is 108 Å². The summed E-state index contributed by atoms with van der Waals surface area (Å²) in [5, 5.41) is 1.67. The number of aryl methyl sites for hydroxylation is 1. The molecular formula is C44H43IrN3O-2. The van der Waals surface area contributed by atoms with E-state index in [1.807, 2.05) is 139 Å². The fraction of sp³-hybridized carbons (Fsp3) is 0.250. The molecule has 0 aliphatic carbocycles. The van der Waals surface area contributed by atoms with Crippen molar-refractivity contribution in [3.63, 3.8) is 0 Å². The van der Waals surface area contributed by atoms with Gasteiger partial charge in [0, 0.05) is 50.3 Å². The van der Waals surface area contributed by atoms with E-state index in [0.29, 0.717) is 33.8 Å². The Morgan fingerprint density at radius 1 is 0.755 bits per heavy atom. The van der Waals surface area contributed by atoms with Crippen LogP contribution >= 0.6 is 0 Å². The maximum Gasteiger partial charge on any atom is 0.216 e. The zero-order valence-corrected chi connectivity index (χ0v) is 31.3. The van der Waals surface area contributed by atoms with Crippen LogP contribution in [0.5, 0.6) is 0 Å². The first-order valence-electron chi connectivity index (χ1n) is 18.6. The Labute approximate surface area is 311 Å². The van der Waals surface area contributed by atoms with Gasteiger partial charge < -0.3 is 14.4 Å². The second-order valence-electron chi connectivity index (χ2n) is 13.3. The van der Waals surface area contributed by atoms with Crippen LogP contribution in [-0.2, 0) is 25.5 Å². The van der Waals surface area contributed by atoms with Crippen molar-refractivity contribution in [3.8, 4) is 33.8 Å². The van der Waals surface area contributed by atoms with Gasteiger partial charge in [-0.2, -0.15) is 0 Å². The van der Waals surface area contributed by atoms with Crippen LogP contribution in [0.4, 0.5) is 0 Å². The zero-order chi connectivity index (χ0) is 38.3. The number of rotatable bonds is 5. The van der Waals surface area contributed by atoms with E-state index >= 15 is 0 Å². The van der Waals surface area contributed by atoms with E-state index in [1.165, 1.54) is 6.20 Å². The Balaban J connectivity index is 0.000000365. The Bertz CT molecular complexity index is 2320. The summed E-state index contributed by atoms with van der Waals surface area (Å²) in [7, 11) is 0. The second kappa shape index (κ2) is 15.0. The Hall–Kier alpha value is -4.44. The number of hydrogen-bond acceptors (Lipinski definition) is 4. The topological polar surface area (TPSA) is 51.8 Å². The molecule has 0 N–H and O–H groups in total. The van der Waals surface area contributed by atoms with Crippen LogP contribution < -0.4 is 0 Å². The van der Waals surface area contributed by atoms with Crippen molar-refractivity contribution >= 4 is 22.1 Å². The molecule has 5 heteroatoms. The number of benzene rings is 3. The van der Waals surface area contributed by atoms with Gasteiger partial charge in [0.05, 0.1) is 11.3 Å². The molecule has 1 radical (unpaired) electrons. The number of fused-ring (bicyclic) bond motifs is 3. The third kappa shape index (κ3) is 7.59. The summed E-state index contributed by atoms with van der Waals surface area (Å²) in [5.74, 6) is -1.80. The summed E-state index contributed by atoms with van der Waals surface area (Å²) in [4.78, 5) is 13.7. The molecule has 0 spiro atoms. The average Bonchev–Trinajstić information content (AvgIpc) is 3.49. The van der Waals surface area contributed by atoms with Gasteiger partial charge in [0.2, 0.25) is 5.71 Å². The molecule has 4 heterocycles. The molecule has 0 saturated carbocycles. The van der Waals surface area contributed by atoms with Crippen LogP contribution in [-0.4, -0.2) is 15.0 Å². The normalized spacial score (nSPS) is 13.7. The van der Waals surface area contributed by atoms with Crippen molar-refractivity contribution in [2.75, 3.05) is 0 Å². The molecule has 3 aromatic carbocycles. The summed E-state index contributed by atoms with van der Waals surface area (Å²) in [5.41, 5.74) is 7.74. The van der Waals surface area contributed by atoms with Gasteiger partial charge in [0.25, 0.3) is 0 Å². The zero-order valence-electron chi connectivity index (χ0n) is 33.9. The van der Waals surface area contributed by atoms with Crippen molar-refractivity contribution in [3.05, 3.63) is 138 Å². The van der Waals surface area contributed by atoms with Gasteiger partial charge >= 0.3 is 0 Å². The van der Waals surface area contributed by atoms with Gasteiger partial charge in [0.1, 0.15) is 0 Å². The fourth-order valence-electron chi connectivity index (χ4n) is 5.90. The van der Waals surface area contributed by atoms with Gasteiger partial charge in [-0.1, -0.05) is 95.8 Å². The first-order valence-corrected chi connectivity index (χ1v) is 16.1. The van der Waals surface area contributed by atoms with E-state index < -0.39 is 24.1 Å². The molecule has 0 saturated heterocycles. The number of nitrogens with zero attached hydrogens (tertiary/aromatic N) is 3. The fourth-order valence-corrected chi connectivity index (χ4v) is 5.90. The first kappa shape index (κ1) is 29.5. The summed E-state index contributed by atoms with van der Waals surface area (Å²) in [6.45, 7) is 11.0. The largest absolute Gasteiger partial charge is 0.486 e. The van der Waals surface area contributed by atoms with Crippen LogP contribution in [0.25, 0.3) is 55.8 Å². The second-order valence-corrected chi connectivity index (χ2v) is 13.3. The summed E-state index contributed by atoms with van der Waals surface area (Å²) < 4.78 is 48.0. The minimum atomic E-state index is -2.28. The molecule has 0 bridgehead atoms.